The monoisotopic (exact) mass is 322 g/mol. The average Bonchev–Trinajstić information content (AvgIpc) is 3.04. The van der Waals surface area contributed by atoms with Crippen molar-refractivity contribution in [2.24, 2.45) is 0 Å². The molecule has 1 unspecified atom stereocenters. The number of pyridine rings is 1. The normalized spacial score (nSPS) is 18.8. The number of rotatable bonds is 2. The molecule has 2 aromatic heterocycles. The number of hydrogen-bond acceptors (Lipinski definition) is 5. The number of amides is 1. The van der Waals surface area contributed by atoms with Crippen molar-refractivity contribution in [1.29, 1.82) is 0 Å². The Bertz CT molecular complexity index is 889. The number of carbonyl (C=O) groups excluding carboxylic acids is 1. The van der Waals surface area contributed by atoms with E-state index < -0.39 is 0 Å². The van der Waals surface area contributed by atoms with Crippen molar-refractivity contribution in [2.75, 3.05) is 13.6 Å². The van der Waals surface area contributed by atoms with Crippen LogP contribution in [0.5, 0.6) is 0 Å². The first-order valence-electron chi connectivity index (χ1n) is 8.15. The Morgan fingerprint density at radius 2 is 2.12 bits per heavy atom. The minimum Gasteiger partial charge on any atom is -0.345 e. The Balaban J connectivity index is 1.67. The van der Waals surface area contributed by atoms with Crippen molar-refractivity contribution in [3.05, 3.63) is 42.5 Å². The fourth-order valence-electron chi connectivity index (χ4n) is 3.14. The molecule has 3 heterocycles. The van der Waals surface area contributed by atoms with Gasteiger partial charge in [0, 0.05) is 36.9 Å². The maximum Gasteiger partial charge on any atom is 0.239 e. The molecule has 0 bridgehead atoms. The standard InChI is InChI=1S/C18H18N4O2/c1-22-9-3-2-4-15(18(22)23)17-20-16(21-24-17)13-5-6-14-11-19-8-7-12(14)10-13/h5-8,10-11,15H,2-4,9H2,1H3. The van der Waals surface area contributed by atoms with E-state index >= 15 is 0 Å². The SMILES string of the molecule is CN1CCCCC(c2nc(-c3ccc4cnccc4c3)no2)C1=O. The molecule has 1 aliphatic rings. The highest BCUT2D eigenvalue weighted by Crippen LogP contribution is 2.28. The van der Waals surface area contributed by atoms with E-state index in [-0.39, 0.29) is 11.8 Å². The third-order valence-electron chi connectivity index (χ3n) is 4.55. The predicted octanol–water partition coefficient (Wildman–Crippen LogP) is 3.01. The topological polar surface area (TPSA) is 72.1 Å². The summed E-state index contributed by atoms with van der Waals surface area (Å²) in [6.07, 6.45) is 6.34. The molecule has 122 valence electrons. The second-order valence-corrected chi connectivity index (χ2v) is 6.20. The van der Waals surface area contributed by atoms with Crippen LogP contribution >= 0.6 is 0 Å². The van der Waals surface area contributed by atoms with Crippen molar-refractivity contribution < 1.29 is 9.32 Å². The predicted molar refractivity (Wildman–Crippen MR) is 89.3 cm³/mol. The van der Waals surface area contributed by atoms with Gasteiger partial charge in [0.15, 0.2) is 0 Å². The minimum absolute atomic E-state index is 0.0623. The second-order valence-electron chi connectivity index (χ2n) is 6.20. The maximum atomic E-state index is 12.5. The van der Waals surface area contributed by atoms with Gasteiger partial charge in [-0.3, -0.25) is 9.78 Å². The van der Waals surface area contributed by atoms with Crippen LogP contribution in [0.25, 0.3) is 22.2 Å². The number of nitrogens with zero attached hydrogens (tertiary/aromatic N) is 4. The van der Waals surface area contributed by atoms with Crippen molar-refractivity contribution in [3.63, 3.8) is 0 Å². The molecule has 0 N–H and O–H groups in total. The van der Waals surface area contributed by atoms with Gasteiger partial charge in [-0.15, -0.1) is 0 Å². The van der Waals surface area contributed by atoms with E-state index in [4.69, 9.17) is 4.52 Å². The number of likely N-dealkylation sites (N-methyl/N-ethyl adjacent to an activating group) is 1. The van der Waals surface area contributed by atoms with Gasteiger partial charge >= 0.3 is 0 Å². The van der Waals surface area contributed by atoms with E-state index in [1.54, 1.807) is 11.1 Å². The molecule has 1 amide bonds. The number of aromatic nitrogens is 3. The summed E-state index contributed by atoms with van der Waals surface area (Å²) in [5.74, 6) is 0.665. The largest absolute Gasteiger partial charge is 0.345 e. The highest BCUT2D eigenvalue weighted by Gasteiger charge is 2.31. The van der Waals surface area contributed by atoms with E-state index in [1.807, 2.05) is 37.5 Å². The smallest absolute Gasteiger partial charge is 0.239 e. The van der Waals surface area contributed by atoms with Gasteiger partial charge in [0.1, 0.15) is 5.92 Å². The molecular formula is C18H18N4O2. The fourth-order valence-corrected chi connectivity index (χ4v) is 3.14. The summed E-state index contributed by atoms with van der Waals surface area (Å²) >= 11 is 0. The molecule has 0 radical (unpaired) electrons. The van der Waals surface area contributed by atoms with E-state index in [0.29, 0.717) is 11.7 Å². The lowest BCUT2D eigenvalue weighted by atomic mass is 10.0. The summed E-state index contributed by atoms with van der Waals surface area (Å²) in [4.78, 5) is 22.8. The molecule has 3 aromatic rings. The first-order valence-corrected chi connectivity index (χ1v) is 8.15. The van der Waals surface area contributed by atoms with Gasteiger partial charge in [-0.1, -0.05) is 23.7 Å². The van der Waals surface area contributed by atoms with Crippen LogP contribution in [0.15, 0.2) is 41.2 Å². The first-order chi connectivity index (χ1) is 11.7. The Morgan fingerprint density at radius 3 is 3.04 bits per heavy atom. The molecule has 1 fully saturated rings. The lowest BCUT2D eigenvalue weighted by molar-refractivity contribution is -0.131. The van der Waals surface area contributed by atoms with Crippen LogP contribution in [0.2, 0.25) is 0 Å². The summed E-state index contributed by atoms with van der Waals surface area (Å²) in [7, 11) is 1.83. The van der Waals surface area contributed by atoms with Crippen LogP contribution in [0.1, 0.15) is 31.1 Å². The third-order valence-corrected chi connectivity index (χ3v) is 4.55. The van der Waals surface area contributed by atoms with Crippen LogP contribution < -0.4 is 0 Å². The highest BCUT2D eigenvalue weighted by molar-refractivity contribution is 5.86. The number of hydrogen-bond donors (Lipinski definition) is 0. The van der Waals surface area contributed by atoms with Crippen molar-refractivity contribution in [1.82, 2.24) is 20.0 Å². The number of carbonyl (C=O) groups is 1. The molecular weight excluding hydrogens is 304 g/mol. The Morgan fingerprint density at radius 1 is 1.21 bits per heavy atom. The van der Waals surface area contributed by atoms with Gasteiger partial charge in [0.05, 0.1) is 0 Å². The Kier molecular flexibility index (Phi) is 3.72. The molecule has 6 heteroatoms. The second kappa shape index (κ2) is 6.03. The van der Waals surface area contributed by atoms with E-state index in [0.717, 1.165) is 42.1 Å². The maximum absolute atomic E-state index is 12.5. The van der Waals surface area contributed by atoms with Gasteiger partial charge in [-0.25, -0.2) is 0 Å². The molecule has 1 aliphatic heterocycles. The van der Waals surface area contributed by atoms with Crippen molar-refractivity contribution >= 4 is 16.7 Å². The first kappa shape index (κ1) is 14.8. The minimum atomic E-state index is -0.330. The van der Waals surface area contributed by atoms with Crippen LogP contribution in [0.4, 0.5) is 0 Å². The van der Waals surface area contributed by atoms with Gasteiger partial charge in [-0.05, 0) is 30.4 Å². The van der Waals surface area contributed by atoms with E-state index in [2.05, 4.69) is 15.1 Å². The molecule has 24 heavy (non-hydrogen) atoms. The van der Waals surface area contributed by atoms with Gasteiger partial charge in [-0.2, -0.15) is 4.98 Å². The molecule has 1 atom stereocenters. The summed E-state index contributed by atoms with van der Waals surface area (Å²) in [6, 6.07) is 7.88. The van der Waals surface area contributed by atoms with Gasteiger partial charge in [0.25, 0.3) is 0 Å². The molecule has 4 rings (SSSR count). The third kappa shape index (κ3) is 2.64. The highest BCUT2D eigenvalue weighted by atomic mass is 16.5. The Labute approximate surface area is 139 Å². The van der Waals surface area contributed by atoms with Crippen LogP contribution in [-0.4, -0.2) is 39.5 Å². The van der Waals surface area contributed by atoms with E-state index in [9.17, 15) is 4.79 Å². The summed E-state index contributed by atoms with van der Waals surface area (Å²) in [5, 5.41) is 6.22. The summed E-state index contributed by atoms with van der Waals surface area (Å²) in [6.45, 7) is 0.787. The Hall–Kier alpha value is -2.76. The number of likely N-dealkylation sites (tertiary alicyclic amines) is 1. The fraction of sp³-hybridized carbons (Fsp3) is 0.333. The lowest BCUT2D eigenvalue weighted by Gasteiger charge is -2.16. The molecule has 0 aliphatic carbocycles. The zero-order valence-corrected chi connectivity index (χ0v) is 13.5. The molecule has 6 nitrogen and oxygen atoms in total. The zero-order valence-electron chi connectivity index (χ0n) is 13.5. The van der Waals surface area contributed by atoms with Gasteiger partial charge in [0.2, 0.25) is 17.6 Å². The average molecular weight is 322 g/mol. The molecule has 1 aromatic carbocycles. The quantitative estimate of drug-likeness (QED) is 0.725. The lowest BCUT2D eigenvalue weighted by Crippen LogP contribution is -2.30. The van der Waals surface area contributed by atoms with E-state index in [1.165, 1.54) is 0 Å². The summed E-state index contributed by atoms with van der Waals surface area (Å²) < 4.78 is 5.42. The molecule has 0 saturated carbocycles. The molecule has 1 saturated heterocycles. The zero-order chi connectivity index (χ0) is 16.5. The van der Waals surface area contributed by atoms with Crippen LogP contribution in [-0.2, 0) is 4.79 Å². The van der Waals surface area contributed by atoms with Crippen molar-refractivity contribution in [2.45, 2.75) is 25.2 Å². The van der Waals surface area contributed by atoms with Crippen LogP contribution in [0.3, 0.4) is 0 Å². The van der Waals surface area contributed by atoms with Gasteiger partial charge < -0.3 is 9.42 Å². The van der Waals surface area contributed by atoms with Crippen molar-refractivity contribution in [3.8, 4) is 11.4 Å². The van der Waals surface area contributed by atoms with Crippen LogP contribution in [0, 0.1) is 0 Å². The number of fused-ring (bicyclic) bond motifs is 1. The molecule has 0 spiro atoms. The number of benzene rings is 1. The summed E-state index contributed by atoms with van der Waals surface area (Å²) in [5.41, 5.74) is 0.873.